The second-order valence-corrected chi connectivity index (χ2v) is 10.5. The molecular weight excluding hydrogens is 615 g/mol. The molecule has 0 aliphatic rings. The predicted octanol–water partition coefficient (Wildman–Crippen LogP) is 8.82. The Morgan fingerprint density at radius 1 is 0.600 bits per heavy atom. The van der Waals surface area contributed by atoms with E-state index in [1.807, 2.05) is 0 Å². The summed E-state index contributed by atoms with van der Waals surface area (Å²) in [5.41, 5.74) is 1.50. The van der Waals surface area contributed by atoms with Crippen molar-refractivity contribution in [2.75, 3.05) is 13.2 Å². The number of hydrogen-bond donors (Lipinski definition) is 0. The van der Waals surface area contributed by atoms with Gasteiger partial charge in [0.05, 0.1) is 18.8 Å². The second-order valence-electron chi connectivity index (χ2n) is 10.5. The summed E-state index contributed by atoms with van der Waals surface area (Å²) < 4.78 is 24.0. The summed E-state index contributed by atoms with van der Waals surface area (Å²) in [6.07, 6.45) is 8.97. The fourth-order valence-electron chi connectivity index (χ4n) is 4.22. The fourth-order valence-corrected chi connectivity index (χ4v) is 4.22. The summed E-state index contributed by atoms with van der Waals surface area (Å²) in [7, 11) is 0. The number of carbonyl (C=O) groups excluding carboxylic acids is 3. The molecule has 8 heteroatoms. The quantitative estimate of drug-likeness (QED) is 0.0860. The van der Waals surface area contributed by atoms with Crippen molar-refractivity contribution in [3.05, 3.63) is 102 Å². The molecule has 0 radical (unpaired) electrons. The molecule has 0 heterocycles. The van der Waals surface area contributed by atoms with Crippen LogP contribution in [0.2, 0.25) is 0 Å². The standard InChI is InChI=1S/C22H25O4.C15H21O2.Co.O/c1-3-5-9-17(4-2)16-25-21(23)19-12-14-20(15-13-19)26-22(24)18-10-7-6-8-11-18;1-3-5-9-13(4-2)12-17-15(16)14-10-7-6-8-11-14;;/h7-8,10-15,17H,3-5,9,16H2,1-2H3;7-8,10-11,13H,3-5,9,12H2,1-2H3;;/q2*-1;;. The summed E-state index contributed by atoms with van der Waals surface area (Å²) >= 11 is 2.31. The van der Waals surface area contributed by atoms with Gasteiger partial charge in [0.2, 0.25) is 0 Å². The third-order valence-corrected chi connectivity index (χ3v) is 7.20. The Morgan fingerprint density at radius 3 is 1.36 bits per heavy atom. The normalized spacial score (nSPS) is 11.4. The summed E-state index contributed by atoms with van der Waals surface area (Å²) in [5, 5.41) is 0. The van der Waals surface area contributed by atoms with Gasteiger partial charge in [-0.05, 0) is 60.1 Å². The number of esters is 3. The first-order valence-electron chi connectivity index (χ1n) is 15.6. The number of benzene rings is 3. The van der Waals surface area contributed by atoms with Crippen LogP contribution in [-0.4, -0.2) is 31.1 Å². The van der Waals surface area contributed by atoms with Crippen LogP contribution in [-0.2, 0) is 29.0 Å². The van der Waals surface area contributed by atoms with Gasteiger partial charge in [0.25, 0.3) is 0 Å². The van der Waals surface area contributed by atoms with Gasteiger partial charge in [-0.1, -0.05) is 66.2 Å². The zero-order valence-corrected chi connectivity index (χ0v) is 27.9. The summed E-state index contributed by atoms with van der Waals surface area (Å²) in [5.74, 6) is 0.256. The Labute approximate surface area is 276 Å². The summed E-state index contributed by atoms with van der Waals surface area (Å²) in [6.45, 7) is 9.57. The van der Waals surface area contributed by atoms with E-state index >= 15 is 0 Å². The van der Waals surface area contributed by atoms with Gasteiger partial charge in [-0.2, -0.15) is 60.7 Å². The molecule has 0 aliphatic carbocycles. The van der Waals surface area contributed by atoms with Crippen molar-refractivity contribution in [2.45, 2.75) is 79.1 Å². The third kappa shape index (κ3) is 16.3. The van der Waals surface area contributed by atoms with Crippen molar-refractivity contribution in [3.63, 3.8) is 0 Å². The van der Waals surface area contributed by atoms with E-state index in [1.54, 1.807) is 72.8 Å². The zero-order valence-electron chi connectivity index (χ0n) is 26.8. The first kappa shape index (κ1) is 39.4. The molecule has 7 nitrogen and oxygen atoms in total. The molecule has 3 aromatic carbocycles. The van der Waals surface area contributed by atoms with E-state index in [9.17, 15) is 14.4 Å². The molecule has 0 aromatic heterocycles. The Balaban J connectivity index is 0.000000462. The van der Waals surface area contributed by atoms with Gasteiger partial charge in [-0.3, -0.25) is 0 Å². The SMILES string of the molecule is CCCCC(CC)COC(=O)c1cc[c-]cc1.CCCCC(CC)COC(=O)c1ccc(OC(=O)c2cc[c-]cc2)cc1.[O]=[Co]. The molecule has 0 bridgehead atoms. The van der Waals surface area contributed by atoms with Crippen molar-refractivity contribution in [1.82, 2.24) is 0 Å². The molecule has 0 aliphatic heterocycles. The summed E-state index contributed by atoms with van der Waals surface area (Å²) in [6, 6.07) is 25.6. The molecule has 0 spiro atoms. The maximum atomic E-state index is 12.2. The Hall–Kier alpha value is -3.62. The second kappa shape index (κ2) is 24.7. The van der Waals surface area contributed by atoms with Crippen LogP contribution in [0.1, 0.15) is 110 Å². The van der Waals surface area contributed by atoms with Gasteiger partial charge in [-0.15, -0.1) is 0 Å². The monoisotopic (exact) mass is 661 g/mol. The molecule has 0 saturated carbocycles. The van der Waals surface area contributed by atoms with E-state index in [0.717, 1.165) is 38.5 Å². The van der Waals surface area contributed by atoms with Gasteiger partial charge in [0.1, 0.15) is 5.75 Å². The van der Waals surface area contributed by atoms with Crippen LogP contribution < -0.4 is 4.74 Å². The van der Waals surface area contributed by atoms with Crippen molar-refractivity contribution < 1.29 is 48.1 Å². The van der Waals surface area contributed by atoms with Gasteiger partial charge >= 0.3 is 37.4 Å². The molecule has 3 rings (SSSR count). The molecule has 2 atom stereocenters. The van der Waals surface area contributed by atoms with E-state index in [0.29, 0.717) is 47.5 Å². The number of carbonyl (C=O) groups is 3. The van der Waals surface area contributed by atoms with Crippen LogP contribution in [0.5, 0.6) is 5.75 Å². The van der Waals surface area contributed by atoms with Gasteiger partial charge in [0, 0.05) is 0 Å². The Morgan fingerprint density at radius 2 is 0.978 bits per heavy atom. The van der Waals surface area contributed by atoms with Crippen molar-refractivity contribution in [1.29, 1.82) is 0 Å². The van der Waals surface area contributed by atoms with Crippen molar-refractivity contribution >= 4 is 17.9 Å². The molecule has 0 saturated heterocycles. The first-order valence-corrected chi connectivity index (χ1v) is 16.1. The molecule has 45 heavy (non-hydrogen) atoms. The van der Waals surface area contributed by atoms with Crippen LogP contribution in [0, 0.1) is 24.0 Å². The Kier molecular flexibility index (Phi) is 21.6. The molecule has 2 unspecified atom stereocenters. The number of ether oxygens (including phenoxy) is 3. The molecular formula is C37H46CoO7-2. The van der Waals surface area contributed by atoms with Crippen LogP contribution in [0.15, 0.2) is 72.8 Å². The average Bonchev–Trinajstić information content (AvgIpc) is 3.10. The number of rotatable bonds is 16. The number of unbranched alkanes of at least 4 members (excludes halogenated alkanes) is 2. The van der Waals surface area contributed by atoms with Crippen LogP contribution in [0.4, 0.5) is 0 Å². The van der Waals surface area contributed by atoms with E-state index in [4.69, 9.17) is 18.1 Å². The van der Waals surface area contributed by atoms with E-state index in [1.165, 1.54) is 12.8 Å². The van der Waals surface area contributed by atoms with E-state index in [-0.39, 0.29) is 11.9 Å². The van der Waals surface area contributed by atoms with Crippen LogP contribution >= 0.6 is 0 Å². The first-order chi connectivity index (χ1) is 21.9. The molecule has 3 aromatic rings. The van der Waals surface area contributed by atoms with Gasteiger partial charge < -0.3 is 14.2 Å². The predicted molar refractivity (Wildman–Crippen MR) is 170 cm³/mol. The fraction of sp³-hybridized carbons (Fsp3) is 0.432. The molecule has 0 N–H and O–H groups in total. The van der Waals surface area contributed by atoms with E-state index in [2.05, 4.69) is 55.5 Å². The van der Waals surface area contributed by atoms with Crippen molar-refractivity contribution in [2.24, 2.45) is 11.8 Å². The van der Waals surface area contributed by atoms with Crippen LogP contribution in [0.25, 0.3) is 0 Å². The van der Waals surface area contributed by atoms with E-state index < -0.39 is 5.97 Å². The maximum absolute atomic E-state index is 12.2. The zero-order chi connectivity index (χ0) is 33.3. The topological polar surface area (TPSA) is 96.0 Å². The average molecular weight is 662 g/mol. The van der Waals surface area contributed by atoms with Crippen molar-refractivity contribution in [3.8, 4) is 5.75 Å². The summed E-state index contributed by atoms with van der Waals surface area (Å²) in [4.78, 5) is 35.9. The molecule has 247 valence electrons. The van der Waals surface area contributed by atoms with Gasteiger partial charge in [0.15, 0.2) is 0 Å². The number of hydrogen-bond acceptors (Lipinski definition) is 7. The minimum absolute atomic E-state index is 0.228. The molecule has 0 fully saturated rings. The minimum atomic E-state index is -0.448. The molecule has 0 amide bonds. The van der Waals surface area contributed by atoms with Crippen LogP contribution in [0.3, 0.4) is 0 Å². The van der Waals surface area contributed by atoms with Gasteiger partial charge in [-0.25, -0.2) is 14.4 Å². The third-order valence-electron chi connectivity index (χ3n) is 7.20. The Bertz CT molecular complexity index is 1220.